The molecule has 1 saturated heterocycles. The molecule has 7 heteroatoms. The zero-order valence-corrected chi connectivity index (χ0v) is 16.4. The predicted molar refractivity (Wildman–Crippen MR) is 109 cm³/mol. The van der Waals surface area contributed by atoms with E-state index < -0.39 is 4.92 Å². The number of amides is 2. The molecule has 1 aromatic carbocycles. The van der Waals surface area contributed by atoms with Crippen LogP contribution in [0.5, 0.6) is 0 Å². The largest absolute Gasteiger partial charge is 0.356 e. The molecule has 1 aliphatic rings. The molecule has 0 aliphatic carbocycles. The zero-order valence-electron chi connectivity index (χ0n) is 16.4. The molecule has 28 heavy (non-hydrogen) atoms. The van der Waals surface area contributed by atoms with Gasteiger partial charge in [0.25, 0.3) is 5.69 Å². The minimum atomic E-state index is -0.466. The number of carbonyl (C=O) groups is 2. The van der Waals surface area contributed by atoms with Crippen LogP contribution in [0.15, 0.2) is 30.3 Å². The van der Waals surface area contributed by atoms with Crippen LogP contribution in [-0.2, 0) is 9.59 Å². The average Bonchev–Trinajstić information content (AvgIpc) is 2.72. The normalized spacial score (nSPS) is 16.9. The summed E-state index contributed by atoms with van der Waals surface area (Å²) in [5, 5.41) is 14.0. The summed E-state index contributed by atoms with van der Waals surface area (Å²) < 4.78 is 0. The second-order valence-corrected chi connectivity index (χ2v) is 7.12. The number of rotatable bonds is 9. The van der Waals surface area contributed by atoms with E-state index in [1.54, 1.807) is 23.1 Å². The summed E-state index contributed by atoms with van der Waals surface area (Å²) in [6, 6.07) is 6.30. The number of hydrogen-bond donors (Lipinski definition) is 1. The van der Waals surface area contributed by atoms with Crippen molar-refractivity contribution in [3.05, 3.63) is 46.0 Å². The van der Waals surface area contributed by atoms with Gasteiger partial charge in [0.05, 0.1) is 16.4 Å². The van der Waals surface area contributed by atoms with E-state index >= 15 is 0 Å². The Bertz CT molecular complexity index is 717. The van der Waals surface area contributed by atoms with Crippen LogP contribution in [0, 0.1) is 16.0 Å². The van der Waals surface area contributed by atoms with Crippen molar-refractivity contribution in [1.29, 1.82) is 0 Å². The smallest absolute Gasteiger partial charge is 0.276 e. The Hall–Kier alpha value is -2.70. The maximum atomic E-state index is 12.5. The van der Waals surface area contributed by atoms with Gasteiger partial charge in [-0.2, -0.15) is 0 Å². The van der Waals surface area contributed by atoms with Crippen LogP contribution in [0.3, 0.4) is 0 Å². The van der Waals surface area contributed by atoms with Crippen LogP contribution in [-0.4, -0.2) is 41.3 Å². The van der Waals surface area contributed by atoms with Gasteiger partial charge in [-0.3, -0.25) is 19.7 Å². The Labute approximate surface area is 165 Å². The molecule has 1 aliphatic heterocycles. The number of piperidine rings is 1. The summed E-state index contributed by atoms with van der Waals surface area (Å²) >= 11 is 0. The number of para-hydroxylation sites is 1. The fraction of sp³-hybridized carbons (Fsp3) is 0.524. The molecule has 152 valence electrons. The third kappa shape index (κ3) is 6.48. The monoisotopic (exact) mass is 387 g/mol. The van der Waals surface area contributed by atoms with Crippen LogP contribution < -0.4 is 5.32 Å². The van der Waals surface area contributed by atoms with Crippen molar-refractivity contribution in [3.63, 3.8) is 0 Å². The third-order valence-electron chi connectivity index (χ3n) is 4.97. The highest BCUT2D eigenvalue weighted by molar-refractivity contribution is 5.93. The van der Waals surface area contributed by atoms with E-state index in [2.05, 4.69) is 12.2 Å². The summed E-state index contributed by atoms with van der Waals surface area (Å²) in [5.41, 5.74) is 0.352. The van der Waals surface area contributed by atoms with Gasteiger partial charge in [0.15, 0.2) is 0 Å². The highest BCUT2D eigenvalue weighted by atomic mass is 16.6. The minimum absolute atomic E-state index is 0.0108. The second-order valence-electron chi connectivity index (χ2n) is 7.12. The molecule has 2 rings (SSSR count). The van der Waals surface area contributed by atoms with Crippen molar-refractivity contribution < 1.29 is 14.5 Å². The van der Waals surface area contributed by atoms with Gasteiger partial charge in [-0.25, -0.2) is 0 Å². The zero-order chi connectivity index (χ0) is 20.4. The first-order chi connectivity index (χ1) is 13.5. The topological polar surface area (TPSA) is 92.6 Å². The first kappa shape index (κ1) is 21.6. The van der Waals surface area contributed by atoms with E-state index in [4.69, 9.17) is 0 Å². The van der Waals surface area contributed by atoms with E-state index in [9.17, 15) is 19.7 Å². The molecular formula is C21H29N3O4. The number of nitro benzene ring substituents is 1. The molecule has 1 atom stereocenters. The predicted octanol–water partition coefficient (Wildman–Crippen LogP) is 3.54. The van der Waals surface area contributed by atoms with Gasteiger partial charge in [-0.05, 0) is 31.4 Å². The molecule has 0 saturated carbocycles. The quantitative estimate of drug-likeness (QED) is 0.304. The molecule has 0 radical (unpaired) electrons. The highest BCUT2D eigenvalue weighted by Crippen LogP contribution is 2.20. The number of carbonyl (C=O) groups excluding carboxylic acids is 2. The van der Waals surface area contributed by atoms with E-state index in [0.29, 0.717) is 25.2 Å². The number of nitrogens with one attached hydrogen (secondary N) is 1. The highest BCUT2D eigenvalue weighted by Gasteiger charge is 2.27. The molecule has 1 N–H and O–H groups in total. The standard InChI is InChI=1S/C21H29N3O4/c1-2-3-4-7-14-22-21(26)18-10-8-15-23(16-18)20(25)13-12-17-9-5-6-11-19(17)24(27)28/h5-6,9,11-13,18H,2-4,7-8,10,14-16H2,1H3,(H,22,26). The Morgan fingerprint density at radius 1 is 1.29 bits per heavy atom. The Morgan fingerprint density at radius 2 is 2.07 bits per heavy atom. The van der Waals surface area contributed by atoms with Gasteiger partial charge >= 0.3 is 0 Å². The Kier molecular flexibility index (Phi) is 8.65. The molecule has 1 unspecified atom stereocenters. The van der Waals surface area contributed by atoms with Crippen LogP contribution in [0.1, 0.15) is 51.0 Å². The second kappa shape index (κ2) is 11.2. The van der Waals surface area contributed by atoms with E-state index in [1.165, 1.54) is 24.6 Å². The SMILES string of the molecule is CCCCCCNC(=O)C1CCCN(C(=O)C=Cc2ccccc2[N+](=O)[O-])C1. The molecule has 7 nitrogen and oxygen atoms in total. The van der Waals surface area contributed by atoms with Crippen molar-refractivity contribution in [2.45, 2.75) is 45.4 Å². The van der Waals surface area contributed by atoms with Gasteiger partial charge in [0, 0.05) is 31.8 Å². The van der Waals surface area contributed by atoms with Crippen molar-refractivity contribution in [1.82, 2.24) is 10.2 Å². The lowest BCUT2D eigenvalue weighted by molar-refractivity contribution is -0.385. The molecule has 0 bridgehead atoms. The molecule has 0 aromatic heterocycles. The van der Waals surface area contributed by atoms with Crippen LogP contribution in [0.4, 0.5) is 5.69 Å². The number of benzene rings is 1. The molecule has 2 amide bonds. The number of nitro groups is 1. The molecule has 1 aromatic rings. The summed E-state index contributed by atoms with van der Waals surface area (Å²) in [7, 11) is 0. The fourth-order valence-electron chi connectivity index (χ4n) is 3.36. The van der Waals surface area contributed by atoms with Crippen molar-refractivity contribution in [3.8, 4) is 0 Å². The number of likely N-dealkylation sites (tertiary alicyclic amines) is 1. The summed E-state index contributed by atoms with van der Waals surface area (Å²) in [4.78, 5) is 37.1. The summed E-state index contributed by atoms with van der Waals surface area (Å²) in [6.45, 7) is 3.82. The van der Waals surface area contributed by atoms with Crippen molar-refractivity contribution in [2.24, 2.45) is 5.92 Å². The first-order valence-electron chi connectivity index (χ1n) is 10.0. The molecular weight excluding hydrogens is 358 g/mol. The average molecular weight is 387 g/mol. The van der Waals surface area contributed by atoms with Gasteiger partial charge < -0.3 is 10.2 Å². The van der Waals surface area contributed by atoms with Crippen LogP contribution in [0.2, 0.25) is 0 Å². The molecule has 1 heterocycles. The maximum absolute atomic E-state index is 12.5. The van der Waals surface area contributed by atoms with Gasteiger partial charge in [0.1, 0.15) is 0 Å². The minimum Gasteiger partial charge on any atom is -0.356 e. The molecule has 0 spiro atoms. The Balaban J connectivity index is 1.88. The lowest BCUT2D eigenvalue weighted by Gasteiger charge is -2.31. The van der Waals surface area contributed by atoms with Crippen molar-refractivity contribution >= 4 is 23.6 Å². The van der Waals surface area contributed by atoms with Crippen LogP contribution >= 0.6 is 0 Å². The van der Waals surface area contributed by atoms with E-state index in [-0.39, 0.29) is 23.4 Å². The lowest BCUT2D eigenvalue weighted by atomic mass is 9.97. The Morgan fingerprint density at radius 3 is 2.82 bits per heavy atom. The molecule has 1 fully saturated rings. The van der Waals surface area contributed by atoms with Gasteiger partial charge in [-0.15, -0.1) is 0 Å². The van der Waals surface area contributed by atoms with Crippen LogP contribution in [0.25, 0.3) is 6.08 Å². The summed E-state index contributed by atoms with van der Waals surface area (Å²) in [5.74, 6) is -0.404. The van der Waals surface area contributed by atoms with Gasteiger partial charge in [0.2, 0.25) is 11.8 Å². The fourth-order valence-corrected chi connectivity index (χ4v) is 3.36. The number of unbranched alkanes of at least 4 members (excludes halogenated alkanes) is 3. The first-order valence-corrected chi connectivity index (χ1v) is 10.0. The number of hydrogen-bond acceptors (Lipinski definition) is 4. The third-order valence-corrected chi connectivity index (χ3v) is 4.97. The number of nitrogens with zero attached hydrogens (tertiary/aromatic N) is 2. The van der Waals surface area contributed by atoms with E-state index in [0.717, 1.165) is 32.1 Å². The lowest BCUT2D eigenvalue weighted by Crippen LogP contribution is -2.45. The maximum Gasteiger partial charge on any atom is 0.276 e. The van der Waals surface area contributed by atoms with Crippen molar-refractivity contribution in [2.75, 3.05) is 19.6 Å². The van der Waals surface area contributed by atoms with E-state index in [1.807, 2.05) is 0 Å². The summed E-state index contributed by atoms with van der Waals surface area (Å²) in [6.07, 6.45) is 8.81. The van der Waals surface area contributed by atoms with Gasteiger partial charge in [-0.1, -0.05) is 38.3 Å².